The van der Waals surface area contributed by atoms with Crippen LogP contribution in [0, 0.1) is 3.57 Å². The Morgan fingerprint density at radius 2 is 2.20 bits per heavy atom. The molecule has 0 unspecified atom stereocenters. The minimum absolute atomic E-state index is 0.109. The fraction of sp³-hybridized carbons (Fsp3) is 0.143. The second-order valence-electron chi connectivity index (χ2n) is 1.87. The molecule has 0 fully saturated rings. The third-order valence-corrected chi connectivity index (χ3v) is 3.88. The maximum Gasteiger partial charge on any atom is 0.0692 e. The van der Waals surface area contributed by atoms with E-state index >= 15 is 0 Å². The Bertz CT molecular complexity index is 237. The van der Waals surface area contributed by atoms with Crippen LogP contribution in [0.15, 0.2) is 22.7 Å². The molecule has 1 nitrogen and oxygen atoms in total. The van der Waals surface area contributed by atoms with E-state index in [0.29, 0.717) is 0 Å². The molecule has 0 atom stereocenters. The molecule has 54 valence electrons. The lowest BCUT2D eigenvalue weighted by Crippen LogP contribution is -1.87. The first-order valence-electron chi connectivity index (χ1n) is 2.79. The highest BCUT2D eigenvalue weighted by atomic mass is 127. The molecule has 0 aliphatic carbocycles. The highest BCUT2D eigenvalue weighted by molar-refractivity contribution is 14.1. The number of halogens is 2. The van der Waals surface area contributed by atoms with E-state index in [1.807, 2.05) is 18.2 Å². The van der Waals surface area contributed by atoms with E-state index in [1.54, 1.807) is 0 Å². The lowest BCUT2D eigenvalue weighted by molar-refractivity contribution is 0.281. The van der Waals surface area contributed by atoms with E-state index in [0.717, 1.165) is 13.6 Å². The maximum absolute atomic E-state index is 8.82. The summed E-state index contributed by atoms with van der Waals surface area (Å²) >= 11 is 5.57. The third kappa shape index (κ3) is 1.71. The number of rotatable bonds is 1. The first-order chi connectivity index (χ1) is 4.75. The van der Waals surface area contributed by atoms with Crippen molar-refractivity contribution in [3.05, 3.63) is 31.8 Å². The molecule has 0 saturated heterocycles. The van der Waals surface area contributed by atoms with Gasteiger partial charge in [0.15, 0.2) is 0 Å². The van der Waals surface area contributed by atoms with Crippen molar-refractivity contribution in [2.75, 3.05) is 0 Å². The molecular formula is C7H6BrIO. The van der Waals surface area contributed by atoms with E-state index in [9.17, 15) is 0 Å². The lowest BCUT2D eigenvalue weighted by Gasteiger charge is -2.00. The van der Waals surface area contributed by atoms with Gasteiger partial charge in [-0.2, -0.15) is 0 Å². The van der Waals surface area contributed by atoms with Crippen LogP contribution < -0.4 is 0 Å². The molecule has 3 heteroatoms. The van der Waals surface area contributed by atoms with Gasteiger partial charge in [0.1, 0.15) is 0 Å². The summed E-state index contributed by atoms with van der Waals surface area (Å²) in [5.74, 6) is 0. The summed E-state index contributed by atoms with van der Waals surface area (Å²) in [4.78, 5) is 0. The molecule has 0 saturated carbocycles. The number of aliphatic hydroxyl groups excluding tert-OH is 1. The van der Waals surface area contributed by atoms with Crippen molar-refractivity contribution in [3.8, 4) is 0 Å². The number of aliphatic hydroxyl groups is 1. The highest BCUT2D eigenvalue weighted by Gasteiger charge is 1.99. The Balaban J connectivity index is 3.14. The lowest BCUT2D eigenvalue weighted by atomic mass is 10.2. The van der Waals surface area contributed by atoms with Crippen LogP contribution in [0.3, 0.4) is 0 Å². The maximum atomic E-state index is 8.82. The van der Waals surface area contributed by atoms with Crippen LogP contribution in [0.5, 0.6) is 0 Å². The summed E-state index contributed by atoms with van der Waals surface area (Å²) in [6.45, 7) is 0.109. The van der Waals surface area contributed by atoms with Gasteiger partial charge in [-0.3, -0.25) is 0 Å². The van der Waals surface area contributed by atoms with Crippen molar-refractivity contribution < 1.29 is 5.11 Å². The van der Waals surface area contributed by atoms with Crippen molar-refractivity contribution in [3.63, 3.8) is 0 Å². The van der Waals surface area contributed by atoms with E-state index in [2.05, 4.69) is 38.5 Å². The summed E-state index contributed by atoms with van der Waals surface area (Å²) in [5, 5.41) is 8.82. The first kappa shape index (κ1) is 8.49. The SMILES string of the molecule is OCc1cccc(Br)c1I. The van der Waals surface area contributed by atoms with Crippen LogP contribution in [0.25, 0.3) is 0 Å². The molecule has 0 aliphatic rings. The zero-order chi connectivity index (χ0) is 7.56. The van der Waals surface area contributed by atoms with E-state index in [-0.39, 0.29) is 6.61 Å². The molecule has 1 aromatic carbocycles. The molecule has 0 aromatic heterocycles. The predicted molar refractivity (Wildman–Crippen MR) is 52.8 cm³/mol. The third-order valence-electron chi connectivity index (χ3n) is 1.20. The molecule has 0 aliphatic heterocycles. The molecule has 0 bridgehead atoms. The zero-order valence-corrected chi connectivity index (χ0v) is 8.89. The van der Waals surface area contributed by atoms with Gasteiger partial charge in [-0.15, -0.1) is 0 Å². The number of hydrogen-bond acceptors (Lipinski definition) is 1. The van der Waals surface area contributed by atoms with Crippen molar-refractivity contribution in [2.24, 2.45) is 0 Å². The van der Waals surface area contributed by atoms with Gasteiger partial charge < -0.3 is 5.11 Å². The van der Waals surface area contributed by atoms with Crippen molar-refractivity contribution in [1.29, 1.82) is 0 Å². The van der Waals surface area contributed by atoms with Gasteiger partial charge in [0.25, 0.3) is 0 Å². The Labute approximate surface area is 81.7 Å². The van der Waals surface area contributed by atoms with Crippen LogP contribution in [0.2, 0.25) is 0 Å². The molecule has 0 amide bonds. The van der Waals surface area contributed by atoms with Gasteiger partial charge >= 0.3 is 0 Å². The molecule has 0 heterocycles. The van der Waals surface area contributed by atoms with Gasteiger partial charge in [-0.05, 0) is 50.2 Å². The van der Waals surface area contributed by atoms with E-state index in [1.165, 1.54) is 0 Å². The highest BCUT2D eigenvalue weighted by Crippen LogP contribution is 2.22. The predicted octanol–water partition coefficient (Wildman–Crippen LogP) is 2.55. The topological polar surface area (TPSA) is 20.2 Å². The number of benzene rings is 1. The monoisotopic (exact) mass is 312 g/mol. The Hall–Kier alpha value is 0.390. The Morgan fingerprint density at radius 3 is 2.70 bits per heavy atom. The zero-order valence-electron chi connectivity index (χ0n) is 5.14. The second kappa shape index (κ2) is 3.69. The van der Waals surface area contributed by atoms with Crippen molar-refractivity contribution >= 4 is 38.5 Å². The summed E-state index contributed by atoms with van der Waals surface area (Å²) in [6.07, 6.45) is 0. The van der Waals surface area contributed by atoms with Gasteiger partial charge in [0.05, 0.1) is 6.61 Å². The second-order valence-corrected chi connectivity index (χ2v) is 3.80. The quantitative estimate of drug-likeness (QED) is 0.790. The van der Waals surface area contributed by atoms with Crippen LogP contribution in [0.1, 0.15) is 5.56 Å². The standard InChI is InChI=1S/C7H6BrIO/c8-6-3-1-2-5(4-10)7(6)9/h1-3,10H,4H2. The molecule has 1 rings (SSSR count). The van der Waals surface area contributed by atoms with Crippen LogP contribution in [0.4, 0.5) is 0 Å². The van der Waals surface area contributed by atoms with Crippen molar-refractivity contribution in [2.45, 2.75) is 6.61 Å². The van der Waals surface area contributed by atoms with Crippen molar-refractivity contribution in [1.82, 2.24) is 0 Å². The molecular weight excluding hydrogens is 307 g/mol. The number of hydrogen-bond donors (Lipinski definition) is 1. The van der Waals surface area contributed by atoms with Gasteiger partial charge in [0.2, 0.25) is 0 Å². The van der Waals surface area contributed by atoms with Crippen LogP contribution in [-0.4, -0.2) is 5.11 Å². The summed E-state index contributed by atoms with van der Waals surface area (Å²) in [5.41, 5.74) is 0.968. The first-order valence-corrected chi connectivity index (χ1v) is 4.66. The van der Waals surface area contributed by atoms with Gasteiger partial charge in [-0.25, -0.2) is 0 Å². The fourth-order valence-corrected chi connectivity index (χ4v) is 1.61. The molecule has 0 spiro atoms. The summed E-state index contributed by atoms with van der Waals surface area (Å²) in [6, 6.07) is 5.78. The van der Waals surface area contributed by atoms with Crippen LogP contribution in [-0.2, 0) is 6.61 Å². The average Bonchev–Trinajstić information content (AvgIpc) is 1.95. The summed E-state index contributed by atoms with van der Waals surface area (Å²) < 4.78 is 2.13. The van der Waals surface area contributed by atoms with Crippen LogP contribution >= 0.6 is 38.5 Å². The fourth-order valence-electron chi connectivity index (χ4n) is 0.671. The smallest absolute Gasteiger partial charge is 0.0692 e. The van der Waals surface area contributed by atoms with E-state index in [4.69, 9.17) is 5.11 Å². The van der Waals surface area contributed by atoms with E-state index < -0.39 is 0 Å². The normalized spacial score (nSPS) is 9.90. The molecule has 1 N–H and O–H groups in total. The molecule has 0 radical (unpaired) electrons. The van der Waals surface area contributed by atoms with Gasteiger partial charge in [0, 0.05) is 8.04 Å². The minimum atomic E-state index is 0.109. The molecule has 10 heavy (non-hydrogen) atoms. The van der Waals surface area contributed by atoms with Gasteiger partial charge in [-0.1, -0.05) is 12.1 Å². The Kier molecular flexibility index (Phi) is 3.13. The Morgan fingerprint density at radius 1 is 1.50 bits per heavy atom. The average molecular weight is 313 g/mol. The molecule has 1 aromatic rings. The summed E-state index contributed by atoms with van der Waals surface area (Å²) in [7, 11) is 0. The minimum Gasteiger partial charge on any atom is -0.392 e. The largest absolute Gasteiger partial charge is 0.392 e.